The smallest absolute Gasteiger partial charge is 0.410 e. The molecule has 1 amide bonds. The maximum Gasteiger partial charge on any atom is 0.410 e. The number of rotatable bonds is 11. The van der Waals surface area contributed by atoms with Crippen LogP contribution in [0.3, 0.4) is 0 Å². The fourth-order valence-electron chi connectivity index (χ4n) is 2.08. The molecule has 0 radical (unpaired) electrons. The van der Waals surface area contributed by atoms with Crippen LogP contribution in [0.25, 0.3) is 0 Å². The minimum Gasteiger partial charge on any atom is -0.481 e. The quantitative estimate of drug-likeness (QED) is 0.572. The minimum atomic E-state index is -0.726. The van der Waals surface area contributed by atoms with E-state index in [0.29, 0.717) is 6.54 Å². The molecule has 5 heteroatoms. The highest BCUT2D eigenvalue weighted by Crippen LogP contribution is 2.12. The number of hydrogen-bond donors (Lipinski definition) is 1. The predicted molar refractivity (Wildman–Crippen MR) is 88.1 cm³/mol. The Morgan fingerprint density at radius 3 is 2.05 bits per heavy atom. The van der Waals surface area contributed by atoms with E-state index in [1.54, 1.807) is 4.90 Å². The van der Waals surface area contributed by atoms with Crippen LogP contribution in [-0.4, -0.2) is 40.8 Å². The highest BCUT2D eigenvalue weighted by atomic mass is 16.6. The number of amides is 1. The first-order valence-electron chi connectivity index (χ1n) is 8.46. The Morgan fingerprint density at radius 1 is 0.955 bits per heavy atom. The molecule has 0 aromatic heterocycles. The SMILES string of the molecule is CCCCN(CCCCCCCC(=O)O)C(=O)OC(C)(C)C. The number of aliphatic carboxylic acids is 1. The van der Waals surface area contributed by atoms with Gasteiger partial charge in [0.2, 0.25) is 0 Å². The zero-order valence-corrected chi connectivity index (χ0v) is 14.7. The van der Waals surface area contributed by atoms with Gasteiger partial charge >= 0.3 is 12.1 Å². The average Bonchev–Trinajstić information content (AvgIpc) is 2.38. The van der Waals surface area contributed by atoms with E-state index >= 15 is 0 Å². The van der Waals surface area contributed by atoms with Crippen LogP contribution >= 0.6 is 0 Å². The van der Waals surface area contributed by atoms with Gasteiger partial charge in [0.15, 0.2) is 0 Å². The second-order valence-electron chi connectivity index (χ2n) is 6.73. The van der Waals surface area contributed by atoms with Crippen molar-refractivity contribution in [3.05, 3.63) is 0 Å². The van der Waals surface area contributed by atoms with Crippen molar-refractivity contribution in [2.45, 2.75) is 84.7 Å². The Hall–Kier alpha value is -1.26. The molecule has 0 rings (SSSR count). The van der Waals surface area contributed by atoms with Crippen molar-refractivity contribution >= 4 is 12.1 Å². The molecule has 0 aromatic carbocycles. The van der Waals surface area contributed by atoms with Crippen molar-refractivity contribution in [3.63, 3.8) is 0 Å². The van der Waals surface area contributed by atoms with Gasteiger partial charge in [0.1, 0.15) is 5.60 Å². The molecule has 0 fully saturated rings. The summed E-state index contributed by atoms with van der Waals surface area (Å²) >= 11 is 0. The molecule has 130 valence electrons. The maximum atomic E-state index is 12.1. The molecule has 0 atom stereocenters. The molecule has 0 aliphatic carbocycles. The normalized spacial score (nSPS) is 11.3. The van der Waals surface area contributed by atoms with Gasteiger partial charge in [-0.1, -0.05) is 32.6 Å². The number of unbranched alkanes of at least 4 members (excludes halogenated alkanes) is 5. The second-order valence-corrected chi connectivity index (χ2v) is 6.73. The van der Waals surface area contributed by atoms with Gasteiger partial charge in [0, 0.05) is 19.5 Å². The minimum absolute atomic E-state index is 0.230. The third-order valence-electron chi connectivity index (χ3n) is 3.25. The van der Waals surface area contributed by atoms with Crippen molar-refractivity contribution in [2.75, 3.05) is 13.1 Å². The summed E-state index contributed by atoms with van der Waals surface area (Å²) in [6, 6.07) is 0. The van der Waals surface area contributed by atoms with Gasteiger partial charge in [-0.05, 0) is 40.0 Å². The lowest BCUT2D eigenvalue weighted by Gasteiger charge is -2.27. The molecule has 0 unspecified atom stereocenters. The van der Waals surface area contributed by atoms with Crippen molar-refractivity contribution < 1.29 is 19.4 Å². The molecular weight excluding hydrogens is 282 g/mol. The van der Waals surface area contributed by atoms with Crippen LogP contribution < -0.4 is 0 Å². The molecule has 0 bridgehead atoms. The van der Waals surface area contributed by atoms with E-state index in [2.05, 4.69) is 6.92 Å². The second kappa shape index (κ2) is 11.3. The molecule has 5 nitrogen and oxygen atoms in total. The Labute approximate surface area is 135 Å². The molecule has 1 N–H and O–H groups in total. The van der Waals surface area contributed by atoms with Gasteiger partial charge in [-0.25, -0.2) is 4.79 Å². The first-order chi connectivity index (χ1) is 10.3. The van der Waals surface area contributed by atoms with Gasteiger partial charge in [0.05, 0.1) is 0 Å². The third kappa shape index (κ3) is 12.5. The van der Waals surface area contributed by atoms with E-state index in [1.807, 2.05) is 20.8 Å². The van der Waals surface area contributed by atoms with Crippen LogP contribution in [-0.2, 0) is 9.53 Å². The van der Waals surface area contributed by atoms with Crippen LogP contribution in [0.5, 0.6) is 0 Å². The number of carbonyl (C=O) groups excluding carboxylic acids is 1. The van der Waals surface area contributed by atoms with Crippen molar-refractivity contribution in [3.8, 4) is 0 Å². The standard InChI is InChI=1S/C17H33NO4/c1-5-6-13-18(16(21)22-17(2,3)4)14-11-9-7-8-10-12-15(19)20/h5-14H2,1-4H3,(H,19,20). The molecule has 0 heterocycles. The highest BCUT2D eigenvalue weighted by Gasteiger charge is 2.21. The van der Waals surface area contributed by atoms with Crippen LogP contribution in [0.4, 0.5) is 4.79 Å². The summed E-state index contributed by atoms with van der Waals surface area (Å²) in [4.78, 5) is 24.4. The van der Waals surface area contributed by atoms with Crippen LogP contribution in [0.15, 0.2) is 0 Å². The topological polar surface area (TPSA) is 66.8 Å². The molecule has 0 aliphatic rings. The van der Waals surface area contributed by atoms with Gasteiger partial charge < -0.3 is 14.7 Å². The average molecular weight is 315 g/mol. The fraction of sp³-hybridized carbons (Fsp3) is 0.882. The number of nitrogens with zero attached hydrogens (tertiary/aromatic N) is 1. The summed E-state index contributed by atoms with van der Waals surface area (Å²) in [6.07, 6.45) is 6.71. The Kier molecular flexibility index (Phi) is 10.7. The first-order valence-corrected chi connectivity index (χ1v) is 8.46. The molecule has 0 saturated carbocycles. The molecular formula is C17H33NO4. The lowest BCUT2D eigenvalue weighted by atomic mass is 10.1. The van der Waals surface area contributed by atoms with Crippen LogP contribution in [0.1, 0.15) is 79.1 Å². The van der Waals surface area contributed by atoms with Crippen LogP contribution in [0.2, 0.25) is 0 Å². The van der Waals surface area contributed by atoms with E-state index in [9.17, 15) is 9.59 Å². The third-order valence-corrected chi connectivity index (χ3v) is 3.25. The first kappa shape index (κ1) is 20.7. The maximum absolute atomic E-state index is 12.1. The molecule has 22 heavy (non-hydrogen) atoms. The summed E-state index contributed by atoms with van der Waals surface area (Å²) in [6.45, 7) is 9.20. The lowest BCUT2D eigenvalue weighted by molar-refractivity contribution is -0.137. The number of carboxylic acids is 1. The van der Waals surface area contributed by atoms with Gasteiger partial charge in [-0.2, -0.15) is 0 Å². The van der Waals surface area contributed by atoms with Crippen molar-refractivity contribution in [1.82, 2.24) is 4.90 Å². The fourth-order valence-corrected chi connectivity index (χ4v) is 2.08. The van der Waals surface area contributed by atoms with Crippen molar-refractivity contribution in [1.29, 1.82) is 0 Å². The molecule has 0 aliphatic heterocycles. The van der Waals surface area contributed by atoms with Gasteiger partial charge in [-0.15, -0.1) is 0 Å². The zero-order valence-electron chi connectivity index (χ0n) is 14.7. The largest absolute Gasteiger partial charge is 0.481 e. The van der Waals surface area contributed by atoms with Gasteiger partial charge in [0.25, 0.3) is 0 Å². The highest BCUT2D eigenvalue weighted by molar-refractivity contribution is 5.68. The number of hydrogen-bond acceptors (Lipinski definition) is 3. The molecule has 0 saturated heterocycles. The number of carboxylic acid groups (broad SMARTS) is 1. The summed E-state index contributed by atoms with van der Waals surface area (Å²) in [5.74, 6) is -0.726. The lowest BCUT2D eigenvalue weighted by Crippen LogP contribution is -2.38. The summed E-state index contributed by atoms with van der Waals surface area (Å²) in [5.41, 5.74) is -0.460. The number of carbonyl (C=O) groups is 2. The molecule has 0 aromatic rings. The zero-order chi connectivity index (χ0) is 17.0. The van der Waals surface area contributed by atoms with E-state index in [-0.39, 0.29) is 12.5 Å². The summed E-state index contributed by atoms with van der Waals surface area (Å²) in [5, 5.41) is 8.57. The van der Waals surface area contributed by atoms with E-state index in [1.165, 1.54) is 0 Å². The van der Waals surface area contributed by atoms with E-state index in [0.717, 1.165) is 51.5 Å². The Bertz CT molecular complexity index is 323. The monoisotopic (exact) mass is 315 g/mol. The van der Waals surface area contributed by atoms with Crippen LogP contribution in [0, 0.1) is 0 Å². The Morgan fingerprint density at radius 2 is 1.50 bits per heavy atom. The van der Waals surface area contributed by atoms with E-state index in [4.69, 9.17) is 9.84 Å². The van der Waals surface area contributed by atoms with Crippen molar-refractivity contribution in [2.24, 2.45) is 0 Å². The number of ether oxygens (including phenoxy) is 1. The Balaban J connectivity index is 3.99. The summed E-state index contributed by atoms with van der Waals surface area (Å²) < 4.78 is 5.44. The van der Waals surface area contributed by atoms with Gasteiger partial charge in [-0.3, -0.25) is 4.79 Å². The summed E-state index contributed by atoms with van der Waals surface area (Å²) in [7, 11) is 0. The predicted octanol–water partition coefficient (Wildman–Crippen LogP) is 4.45. The molecule has 0 spiro atoms. The van der Waals surface area contributed by atoms with E-state index < -0.39 is 11.6 Å².